The van der Waals surface area contributed by atoms with Crippen LogP contribution in [0.3, 0.4) is 0 Å². The molecule has 1 atom stereocenters. The Labute approximate surface area is 334 Å². The van der Waals surface area contributed by atoms with Crippen LogP contribution in [-0.4, -0.2) is 97.1 Å². The van der Waals surface area contributed by atoms with Crippen LogP contribution in [0.5, 0.6) is 0 Å². The number of hydrogen-bond acceptors (Lipinski definition) is 17. The Hall–Kier alpha value is -5.43. The first-order valence-corrected chi connectivity index (χ1v) is 19.2. The summed E-state index contributed by atoms with van der Waals surface area (Å²) in [5.74, 6) is -2.84. The fraction of sp³-hybridized carbons (Fsp3) is 0.583. The average molecular weight is 819 g/mol. The zero-order chi connectivity index (χ0) is 42.2. The van der Waals surface area contributed by atoms with Gasteiger partial charge in [0.1, 0.15) is 30.2 Å². The Kier molecular flexibility index (Phi) is 22.1. The Bertz CT molecular complexity index is 1760. The minimum absolute atomic E-state index is 0.0107. The number of azo groups is 1. The van der Waals surface area contributed by atoms with Crippen LogP contribution >= 0.6 is 11.3 Å². The second-order valence-electron chi connectivity index (χ2n) is 12.3. The molecular formula is C36H50N8O12S. The van der Waals surface area contributed by atoms with Crippen LogP contribution in [0.2, 0.25) is 0 Å². The van der Waals surface area contributed by atoms with Gasteiger partial charge in [0, 0.05) is 25.6 Å². The number of ether oxygens (including phenoxy) is 4. The molecule has 2 rings (SSSR count). The van der Waals surface area contributed by atoms with Crippen LogP contribution in [0.1, 0.15) is 76.8 Å². The number of carboxylic acids is 1. The van der Waals surface area contributed by atoms with Crippen LogP contribution in [0.25, 0.3) is 0 Å². The van der Waals surface area contributed by atoms with Crippen molar-refractivity contribution in [3.8, 4) is 6.07 Å². The molecule has 0 fully saturated rings. The molecule has 0 saturated carbocycles. The molecule has 1 unspecified atom stereocenters. The van der Waals surface area contributed by atoms with Crippen molar-refractivity contribution in [3.05, 3.63) is 49.6 Å². The van der Waals surface area contributed by atoms with Crippen molar-refractivity contribution < 1.29 is 48.3 Å². The minimum Gasteiger partial charge on any atom is -0.481 e. The normalized spacial score (nSPS) is 11.8. The number of aliphatic carboxylic acids is 1. The van der Waals surface area contributed by atoms with Crippen molar-refractivity contribution in [2.24, 2.45) is 16.1 Å². The number of thiophene rings is 1. The molecule has 0 radical (unpaired) electrons. The highest BCUT2D eigenvalue weighted by Gasteiger charge is 2.27. The zero-order valence-electron chi connectivity index (χ0n) is 32.6. The van der Waals surface area contributed by atoms with E-state index >= 15 is 0 Å². The summed E-state index contributed by atoms with van der Waals surface area (Å²) < 4.78 is 21.7. The Morgan fingerprint density at radius 2 is 1.68 bits per heavy atom. The van der Waals surface area contributed by atoms with Gasteiger partial charge in [0.15, 0.2) is 5.82 Å². The van der Waals surface area contributed by atoms with Gasteiger partial charge in [-0.25, -0.2) is 4.98 Å². The predicted molar refractivity (Wildman–Crippen MR) is 209 cm³/mol. The van der Waals surface area contributed by atoms with E-state index in [2.05, 4.69) is 33.5 Å². The van der Waals surface area contributed by atoms with Gasteiger partial charge in [0.2, 0.25) is 10.9 Å². The molecule has 0 bridgehead atoms. The highest BCUT2D eigenvalue weighted by atomic mass is 32.1. The third-order valence-corrected chi connectivity index (χ3v) is 9.06. The summed E-state index contributed by atoms with van der Waals surface area (Å²) in [6, 6.07) is 2.86. The number of carbonyl (C=O) groups excluding carboxylic acids is 2. The van der Waals surface area contributed by atoms with Crippen molar-refractivity contribution in [2.75, 3.05) is 69.6 Å². The van der Waals surface area contributed by atoms with E-state index in [0.717, 1.165) is 31.7 Å². The fourth-order valence-electron chi connectivity index (χ4n) is 5.11. The van der Waals surface area contributed by atoms with E-state index in [4.69, 9.17) is 18.9 Å². The SMILES string of the molecule is CCCCCC/C=C/CC(CC(=O)OCCOCCOCCOCCN(CC)c1nc(NC(C)=O)c(/N=N/c2sc([N+](=O)[O-])cc2[N+](=O)[O-])c(C)c1C#N)C(=O)O. The zero-order valence-corrected chi connectivity index (χ0v) is 33.4. The number of pyridine rings is 1. The molecule has 21 heteroatoms. The van der Waals surface area contributed by atoms with Gasteiger partial charge < -0.3 is 34.3 Å². The monoisotopic (exact) mass is 818 g/mol. The number of amides is 1. The number of esters is 1. The van der Waals surface area contributed by atoms with Crippen molar-refractivity contribution >= 4 is 62.2 Å². The Morgan fingerprint density at radius 1 is 1.02 bits per heavy atom. The maximum Gasteiger partial charge on any atom is 0.333 e. The van der Waals surface area contributed by atoms with E-state index in [0.29, 0.717) is 24.4 Å². The topological polar surface area (TPSA) is 271 Å². The third-order valence-electron chi connectivity index (χ3n) is 8.10. The van der Waals surface area contributed by atoms with E-state index < -0.39 is 44.3 Å². The lowest BCUT2D eigenvalue weighted by Gasteiger charge is -2.25. The highest BCUT2D eigenvalue weighted by Crippen LogP contribution is 2.43. The summed E-state index contributed by atoms with van der Waals surface area (Å²) >= 11 is 0.448. The lowest BCUT2D eigenvalue weighted by molar-refractivity contribution is -0.389. The summed E-state index contributed by atoms with van der Waals surface area (Å²) in [6.07, 6.45) is 9.24. The molecule has 0 aromatic carbocycles. The third kappa shape index (κ3) is 17.1. The van der Waals surface area contributed by atoms with Gasteiger partial charge in [-0.2, -0.15) is 5.26 Å². The number of nitrogens with one attached hydrogen (secondary N) is 1. The Morgan fingerprint density at radius 3 is 2.26 bits per heavy atom. The van der Waals surface area contributed by atoms with Gasteiger partial charge in [-0.1, -0.05) is 38.3 Å². The molecule has 2 aromatic heterocycles. The number of nitriles is 1. The molecular weight excluding hydrogens is 769 g/mol. The van der Waals surface area contributed by atoms with Gasteiger partial charge in [0.05, 0.1) is 67.4 Å². The molecule has 0 aliphatic carbocycles. The molecule has 0 aliphatic rings. The van der Waals surface area contributed by atoms with E-state index in [-0.39, 0.29) is 92.5 Å². The second-order valence-corrected chi connectivity index (χ2v) is 13.4. The van der Waals surface area contributed by atoms with E-state index in [9.17, 15) is 45.0 Å². The van der Waals surface area contributed by atoms with Crippen molar-refractivity contribution in [1.82, 2.24) is 4.98 Å². The molecule has 0 aliphatic heterocycles. The maximum absolute atomic E-state index is 12.1. The second kappa shape index (κ2) is 26.4. The molecule has 2 heterocycles. The molecule has 312 valence electrons. The fourth-order valence-corrected chi connectivity index (χ4v) is 5.87. The number of unbranched alkanes of at least 4 members (excludes halogenated alkanes) is 4. The molecule has 2 N–H and O–H groups in total. The molecule has 2 aromatic rings. The largest absolute Gasteiger partial charge is 0.481 e. The quantitative estimate of drug-likeness (QED) is 0.0210. The predicted octanol–water partition coefficient (Wildman–Crippen LogP) is 6.94. The van der Waals surface area contributed by atoms with E-state index in [1.165, 1.54) is 13.3 Å². The summed E-state index contributed by atoms with van der Waals surface area (Å²) in [6.45, 7) is 8.78. The standard InChI is InChI=1S/C36H50N8O12S/c1-5-7-8-9-10-11-12-13-27(36(47)48)22-31(46)56-21-20-55-19-18-54-17-16-53-15-14-42(6-2)34-28(24-37)25(3)32(33(39-34)38-26(4)45)40-41-35-29(43(49)50)23-30(57-35)44(51)52/h11-12,23,27H,5-10,13-22H2,1-4H3,(H,47,48)(H,38,39,45)/b12-11+,41-40+. The number of rotatable bonds is 29. The number of carboxylic acid groups (broad SMARTS) is 1. The highest BCUT2D eigenvalue weighted by molar-refractivity contribution is 7.19. The minimum atomic E-state index is -1.04. The number of likely N-dealkylation sites (N-methyl/N-ethyl adjacent to an activating group) is 1. The van der Waals surface area contributed by atoms with Gasteiger partial charge in [0.25, 0.3) is 0 Å². The summed E-state index contributed by atoms with van der Waals surface area (Å²) in [5.41, 5.74) is -0.315. The smallest absolute Gasteiger partial charge is 0.333 e. The Balaban J connectivity index is 1.81. The maximum atomic E-state index is 12.1. The first-order valence-electron chi connectivity index (χ1n) is 18.4. The summed E-state index contributed by atoms with van der Waals surface area (Å²) in [5, 5.41) is 51.7. The molecule has 57 heavy (non-hydrogen) atoms. The summed E-state index contributed by atoms with van der Waals surface area (Å²) in [4.78, 5) is 62.9. The van der Waals surface area contributed by atoms with Crippen molar-refractivity contribution in [1.29, 1.82) is 5.26 Å². The summed E-state index contributed by atoms with van der Waals surface area (Å²) in [7, 11) is 0. The van der Waals surface area contributed by atoms with Crippen LogP contribution in [-0.2, 0) is 33.3 Å². The number of nitrogens with zero attached hydrogens (tertiary/aromatic N) is 7. The number of anilines is 2. The first-order chi connectivity index (χ1) is 27.3. The van der Waals surface area contributed by atoms with Crippen molar-refractivity contribution in [2.45, 2.75) is 72.6 Å². The van der Waals surface area contributed by atoms with Crippen LogP contribution in [0, 0.1) is 44.4 Å². The molecule has 0 spiro atoms. The number of aromatic nitrogens is 1. The van der Waals surface area contributed by atoms with Crippen LogP contribution in [0.15, 0.2) is 28.4 Å². The van der Waals surface area contributed by atoms with E-state index in [1.54, 1.807) is 11.8 Å². The van der Waals surface area contributed by atoms with Gasteiger partial charge in [-0.3, -0.25) is 34.6 Å². The first kappa shape index (κ1) is 47.7. The van der Waals surface area contributed by atoms with Crippen molar-refractivity contribution in [3.63, 3.8) is 0 Å². The lowest BCUT2D eigenvalue weighted by atomic mass is 10.0. The van der Waals surface area contributed by atoms with Gasteiger partial charge >= 0.3 is 22.6 Å². The average Bonchev–Trinajstić information content (AvgIpc) is 3.60. The van der Waals surface area contributed by atoms with Gasteiger partial charge in [-0.15, -0.1) is 10.2 Å². The molecule has 1 amide bonds. The van der Waals surface area contributed by atoms with Gasteiger partial charge in [-0.05, 0) is 44.4 Å². The number of nitro groups is 2. The number of carbonyl (C=O) groups is 3. The molecule has 0 saturated heterocycles. The lowest BCUT2D eigenvalue weighted by Crippen LogP contribution is -2.30. The van der Waals surface area contributed by atoms with Crippen LogP contribution in [0.4, 0.5) is 33.0 Å². The van der Waals surface area contributed by atoms with E-state index in [1.807, 2.05) is 19.1 Å². The van der Waals surface area contributed by atoms with Crippen LogP contribution < -0.4 is 10.2 Å². The number of allylic oxidation sites excluding steroid dienone is 2. The number of hydrogen-bond donors (Lipinski definition) is 2. The molecule has 20 nitrogen and oxygen atoms in total.